The Morgan fingerprint density at radius 2 is 2.42 bits per heavy atom. The molecular weight excluding hydrogens is 156 g/mol. The normalized spacial score (nSPS) is 11.2. The highest BCUT2D eigenvalue weighted by Gasteiger charge is 2.02. The smallest absolute Gasteiger partial charge is 0.335 e. The van der Waals surface area contributed by atoms with E-state index in [9.17, 15) is 4.79 Å². The Bertz CT molecular complexity index is 307. The lowest BCUT2D eigenvalue weighted by Crippen LogP contribution is -1.96. The highest BCUT2D eigenvalue weighted by molar-refractivity contribution is 5.94. The summed E-state index contributed by atoms with van der Waals surface area (Å²) in [6, 6.07) is 3.36. The van der Waals surface area contributed by atoms with Gasteiger partial charge in [0.1, 0.15) is 5.76 Å². The fraction of sp³-hybridized carbons (Fsp3) is 0. The molecule has 0 aliphatic rings. The van der Waals surface area contributed by atoms with Crippen LogP contribution < -0.4 is 0 Å². The number of aliphatic carboxylic acids is 1. The van der Waals surface area contributed by atoms with Crippen LogP contribution in [-0.4, -0.2) is 11.1 Å². The summed E-state index contributed by atoms with van der Waals surface area (Å²) in [6.07, 6.45) is 4.16. The molecule has 0 unspecified atom stereocenters. The van der Waals surface area contributed by atoms with Gasteiger partial charge in [0.05, 0.1) is 11.8 Å². The minimum Gasteiger partial charge on any atom is -0.478 e. The van der Waals surface area contributed by atoms with Crippen LogP contribution in [0.1, 0.15) is 5.76 Å². The average Bonchev–Trinajstić information content (AvgIpc) is 2.51. The molecule has 1 aromatic heterocycles. The Labute approximate surface area is 69.6 Å². The quantitative estimate of drug-likeness (QED) is 0.548. The van der Waals surface area contributed by atoms with Crippen molar-refractivity contribution in [1.29, 1.82) is 0 Å². The van der Waals surface area contributed by atoms with Crippen molar-refractivity contribution in [2.75, 3.05) is 0 Å². The molecule has 62 valence electrons. The van der Waals surface area contributed by atoms with Crippen molar-refractivity contribution in [3.05, 3.63) is 42.4 Å². The van der Waals surface area contributed by atoms with Crippen molar-refractivity contribution in [3.8, 4) is 0 Å². The van der Waals surface area contributed by atoms with Gasteiger partial charge in [0, 0.05) is 0 Å². The summed E-state index contributed by atoms with van der Waals surface area (Å²) >= 11 is 0. The monoisotopic (exact) mass is 164 g/mol. The van der Waals surface area contributed by atoms with Crippen LogP contribution in [0.2, 0.25) is 0 Å². The number of hydrogen-bond acceptors (Lipinski definition) is 2. The van der Waals surface area contributed by atoms with Gasteiger partial charge in [-0.1, -0.05) is 12.7 Å². The lowest BCUT2D eigenvalue weighted by molar-refractivity contribution is -0.132. The summed E-state index contributed by atoms with van der Waals surface area (Å²) in [4.78, 5) is 10.5. The van der Waals surface area contributed by atoms with E-state index in [4.69, 9.17) is 9.52 Å². The summed E-state index contributed by atoms with van der Waals surface area (Å²) in [7, 11) is 0. The topological polar surface area (TPSA) is 50.4 Å². The molecule has 0 aliphatic heterocycles. The van der Waals surface area contributed by atoms with Gasteiger partial charge < -0.3 is 9.52 Å². The summed E-state index contributed by atoms with van der Waals surface area (Å²) in [5.74, 6) is -0.506. The zero-order chi connectivity index (χ0) is 8.97. The Morgan fingerprint density at radius 1 is 1.67 bits per heavy atom. The molecule has 1 aromatic rings. The summed E-state index contributed by atoms with van der Waals surface area (Å²) in [5, 5.41) is 8.59. The minimum absolute atomic E-state index is 0.116. The van der Waals surface area contributed by atoms with Crippen LogP contribution in [0.15, 0.2) is 41.0 Å². The molecule has 1 rings (SSSR count). The molecule has 1 heterocycles. The molecule has 1 N–H and O–H groups in total. The molecule has 3 nitrogen and oxygen atoms in total. The second-order valence-corrected chi connectivity index (χ2v) is 2.12. The van der Waals surface area contributed by atoms with E-state index < -0.39 is 5.97 Å². The highest BCUT2D eigenvalue weighted by Crippen LogP contribution is 2.07. The van der Waals surface area contributed by atoms with Crippen molar-refractivity contribution in [1.82, 2.24) is 0 Å². The van der Waals surface area contributed by atoms with Crippen molar-refractivity contribution in [2.24, 2.45) is 0 Å². The standard InChI is InChI=1S/C9H8O3/c1-2-7(9(10)11)6-8-4-3-5-12-8/h2-6H,1H2,(H,10,11). The van der Waals surface area contributed by atoms with Gasteiger partial charge >= 0.3 is 5.97 Å². The van der Waals surface area contributed by atoms with Crippen LogP contribution in [-0.2, 0) is 4.79 Å². The maximum atomic E-state index is 10.5. The van der Waals surface area contributed by atoms with Gasteiger partial charge in [0.25, 0.3) is 0 Å². The molecule has 3 heteroatoms. The molecule has 0 aliphatic carbocycles. The molecular formula is C9H8O3. The molecule has 0 fully saturated rings. The van der Waals surface area contributed by atoms with Gasteiger partial charge in [0.15, 0.2) is 0 Å². The van der Waals surface area contributed by atoms with Gasteiger partial charge in [-0.3, -0.25) is 0 Å². The molecule has 12 heavy (non-hydrogen) atoms. The van der Waals surface area contributed by atoms with Gasteiger partial charge in [-0.2, -0.15) is 0 Å². The van der Waals surface area contributed by atoms with Crippen molar-refractivity contribution in [3.63, 3.8) is 0 Å². The van der Waals surface area contributed by atoms with Crippen molar-refractivity contribution < 1.29 is 14.3 Å². The third-order valence-electron chi connectivity index (χ3n) is 1.31. The van der Waals surface area contributed by atoms with Gasteiger partial charge in [0.2, 0.25) is 0 Å². The first-order valence-corrected chi connectivity index (χ1v) is 3.35. The van der Waals surface area contributed by atoms with Crippen LogP contribution in [0.4, 0.5) is 0 Å². The number of furan rings is 1. The van der Waals surface area contributed by atoms with E-state index in [0.29, 0.717) is 5.76 Å². The van der Waals surface area contributed by atoms with Crippen LogP contribution >= 0.6 is 0 Å². The van der Waals surface area contributed by atoms with Crippen molar-refractivity contribution in [2.45, 2.75) is 0 Å². The Balaban J connectivity index is 2.93. The maximum Gasteiger partial charge on any atom is 0.335 e. The van der Waals surface area contributed by atoms with E-state index in [1.807, 2.05) is 0 Å². The lowest BCUT2D eigenvalue weighted by atomic mass is 10.2. The molecule has 0 atom stereocenters. The average molecular weight is 164 g/mol. The highest BCUT2D eigenvalue weighted by atomic mass is 16.4. The summed E-state index contributed by atoms with van der Waals surface area (Å²) in [6.45, 7) is 3.37. The first-order valence-electron chi connectivity index (χ1n) is 3.35. The molecule has 0 saturated carbocycles. The van der Waals surface area contributed by atoms with Gasteiger partial charge in [-0.15, -0.1) is 0 Å². The number of rotatable bonds is 3. The Hall–Kier alpha value is -1.77. The zero-order valence-corrected chi connectivity index (χ0v) is 6.36. The van der Waals surface area contributed by atoms with E-state index in [-0.39, 0.29) is 5.57 Å². The Morgan fingerprint density at radius 3 is 2.83 bits per heavy atom. The van der Waals surface area contributed by atoms with Gasteiger partial charge in [-0.05, 0) is 18.2 Å². The molecule has 0 aromatic carbocycles. The fourth-order valence-corrected chi connectivity index (χ4v) is 0.735. The zero-order valence-electron chi connectivity index (χ0n) is 6.36. The molecule has 0 saturated heterocycles. The number of carboxylic acids is 1. The van der Waals surface area contributed by atoms with Crippen LogP contribution in [0.3, 0.4) is 0 Å². The van der Waals surface area contributed by atoms with E-state index in [0.717, 1.165) is 0 Å². The molecule has 0 bridgehead atoms. The van der Waals surface area contributed by atoms with Crippen LogP contribution in [0.5, 0.6) is 0 Å². The molecule has 0 radical (unpaired) electrons. The second kappa shape index (κ2) is 3.57. The predicted octanol–water partition coefficient (Wildman–Crippen LogP) is 1.93. The third kappa shape index (κ3) is 1.85. The number of carboxylic acid groups (broad SMARTS) is 1. The summed E-state index contributed by atoms with van der Waals surface area (Å²) < 4.78 is 4.93. The van der Waals surface area contributed by atoms with E-state index in [2.05, 4.69) is 6.58 Å². The Kier molecular flexibility index (Phi) is 2.48. The minimum atomic E-state index is -1.01. The number of carbonyl (C=O) groups is 1. The van der Waals surface area contributed by atoms with E-state index in [1.165, 1.54) is 18.4 Å². The van der Waals surface area contributed by atoms with Crippen LogP contribution in [0, 0.1) is 0 Å². The first kappa shape index (κ1) is 8.33. The largest absolute Gasteiger partial charge is 0.478 e. The van der Waals surface area contributed by atoms with Crippen molar-refractivity contribution >= 4 is 12.0 Å². The first-order chi connectivity index (χ1) is 5.74. The SMILES string of the molecule is C=CC(=Cc1ccco1)C(=O)O. The molecule has 0 amide bonds. The lowest BCUT2D eigenvalue weighted by Gasteiger charge is -1.90. The maximum absolute atomic E-state index is 10.5. The molecule has 0 spiro atoms. The number of hydrogen-bond donors (Lipinski definition) is 1. The third-order valence-corrected chi connectivity index (χ3v) is 1.31. The van der Waals surface area contributed by atoms with E-state index >= 15 is 0 Å². The van der Waals surface area contributed by atoms with Gasteiger partial charge in [-0.25, -0.2) is 4.79 Å². The van der Waals surface area contributed by atoms with Crippen LogP contribution in [0.25, 0.3) is 6.08 Å². The summed E-state index contributed by atoms with van der Waals surface area (Å²) in [5.41, 5.74) is 0.116. The van der Waals surface area contributed by atoms with E-state index in [1.54, 1.807) is 12.1 Å². The second-order valence-electron chi connectivity index (χ2n) is 2.12. The predicted molar refractivity (Wildman–Crippen MR) is 44.5 cm³/mol. The fourth-order valence-electron chi connectivity index (χ4n) is 0.735.